The van der Waals surface area contributed by atoms with Crippen LogP contribution in [0.2, 0.25) is 0 Å². The van der Waals surface area contributed by atoms with Crippen molar-refractivity contribution in [3.05, 3.63) is 0 Å². The van der Waals surface area contributed by atoms with Crippen LogP contribution in [-0.2, 0) is 9.84 Å². The molecule has 1 rings (SSSR count). The Morgan fingerprint density at radius 1 is 1.15 bits per heavy atom. The summed E-state index contributed by atoms with van der Waals surface area (Å²) in [5.41, 5.74) is 0. The topological polar surface area (TPSA) is 34.1 Å². The average molecular weight is 204 g/mol. The maximum absolute atomic E-state index is 11.6. The van der Waals surface area contributed by atoms with Crippen molar-refractivity contribution in [2.75, 3.05) is 5.75 Å². The van der Waals surface area contributed by atoms with Gasteiger partial charge in [-0.1, -0.05) is 32.6 Å². The summed E-state index contributed by atoms with van der Waals surface area (Å²) in [6.45, 7) is 2.14. The standard InChI is InChI=1S/C10H20O2S/c1-2-3-4-5-9-13(11,12)10-7-6-8-10/h10H,2-9H2,1H3. The molecule has 0 atom stereocenters. The molecule has 1 fully saturated rings. The summed E-state index contributed by atoms with van der Waals surface area (Å²) >= 11 is 0. The zero-order chi connectivity index (χ0) is 9.73. The van der Waals surface area contributed by atoms with Crippen LogP contribution in [0.1, 0.15) is 51.9 Å². The maximum Gasteiger partial charge on any atom is 0.153 e. The van der Waals surface area contributed by atoms with Gasteiger partial charge in [-0.3, -0.25) is 0 Å². The number of hydrogen-bond donors (Lipinski definition) is 0. The zero-order valence-electron chi connectivity index (χ0n) is 8.46. The number of hydrogen-bond acceptors (Lipinski definition) is 2. The smallest absolute Gasteiger partial charge is 0.153 e. The van der Waals surface area contributed by atoms with Crippen LogP contribution in [0.25, 0.3) is 0 Å². The van der Waals surface area contributed by atoms with E-state index >= 15 is 0 Å². The predicted molar refractivity (Wildman–Crippen MR) is 55.6 cm³/mol. The number of unbranched alkanes of at least 4 members (excludes halogenated alkanes) is 3. The molecule has 0 N–H and O–H groups in total. The molecular formula is C10H20O2S. The molecule has 0 heterocycles. The minimum absolute atomic E-state index is 0.0223. The quantitative estimate of drug-likeness (QED) is 0.623. The van der Waals surface area contributed by atoms with Crippen molar-refractivity contribution in [3.63, 3.8) is 0 Å². The van der Waals surface area contributed by atoms with E-state index < -0.39 is 9.84 Å². The van der Waals surface area contributed by atoms with Crippen LogP contribution < -0.4 is 0 Å². The lowest BCUT2D eigenvalue weighted by molar-refractivity contribution is 0.475. The molecule has 0 radical (unpaired) electrons. The van der Waals surface area contributed by atoms with Gasteiger partial charge < -0.3 is 0 Å². The van der Waals surface area contributed by atoms with Crippen molar-refractivity contribution in [1.29, 1.82) is 0 Å². The number of rotatable bonds is 6. The Morgan fingerprint density at radius 3 is 2.31 bits per heavy atom. The Balaban J connectivity index is 2.18. The van der Waals surface area contributed by atoms with Crippen LogP contribution in [0, 0.1) is 0 Å². The molecule has 0 aromatic heterocycles. The Bertz CT molecular complexity index is 227. The summed E-state index contributed by atoms with van der Waals surface area (Å²) in [5, 5.41) is 0.0223. The largest absolute Gasteiger partial charge is 0.229 e. The van der Waals surface area contributed by atoms with Crippen molar-refractivity contribution in [1.82, 2.24) is 0 Å². The predicted octanol–water partition coefficient (Wildman–Crippen LogP) is 2.53. The molecule has 0 aromatic rings. The normalized spacial score (nSPS) is 18.5. The third-order valence-electron chi connectivity index (χ3n) is 2.84. The third kappa shape index (κ3) is 3.29. The van der Waals surface area contributed by atoms with Crippen LogP contribution in [0.15, 0.2) is 0 Å². The number of sulfone groups is 1. The molecular weight excluding hydrogens is 184 g/mol. The van der Waals surface area contributed by atoms with Crippen LogP contribution in [0.5, 0.6) is 0 Å². The van der Waals surface area contributed by atoms with E-state index in [0.717, 1.165) is 32.1 Å². The van der Waals surface area contributed by atoms with E-state index in [0.29, 0.717) is 5.75 Å². The average Bonchev–Trinajstić information content (AvgIpc) is 1.93. The minimum atomic E-state index is -2.70. The lowest BCUT2D eigenvalue weighted by Crippen LogP contribution is -2.30. The molecule has 0 unspecified atom stereocenters. The molecule has 0 aliphatic heterocycles. The summed E-state index contributed by atoms with van der Waals surface area (Å²) in [6.07, 6.45) is 7.21. The molecule has 0 saturated heterocycles. The third-order valence-corrected chi connectivity index (χ3v) is 5.19. The van der Waals surface area contributed by atoms with E-state index in [1.807, 2.05) is 0 Å². The van der Waals surface area contributed by atoms with E-state index in [1.165, 1.54) is 12.8 Å². The Labute approximate surface area is 81.6 Å². The lowest BCUT2D eigenvalue weighted by Gasteiger charge is -2.25. The highest BCUT2D eigenvalue weighted by Crippen LogP contribution is 2.27. The molecule has 0 spiro atoms. The molecule has 1 saturated carbocycles. The first-order valence-corrected chi connectivity index (χ1v) is 7.10. The highest BCUT2D eigenvalue weighted by molar-refractivity contribution is 7.92. The maximum atomic E-state index is 11.6. The summed E-state index contributed by atoms with van der Waals surface area (Å²) in [6, 6.07) is 0. The van der Waals surface area contributed by atoms with Crippen molar-refractivity contribution in [3.8, 4) is 0 Å². The fraction of sp³-hybridized carbons (Fsp3) is 1.00. The summed E-state index contributed by atoms with van der Waals surface area (Å²) < 4.78 is 23.2. The Kier molecular flexibility index (Phi) is 4.23. The molecule has 1 aliphatic carbocycles. The molecule has 0 bridgehead atoms. The Morgan fingerprint density at radius 2 is 1.85 bits per heavy atom. The second-order valence-electron chi connectivity index (χ2n) is 3.98. The van der Waals surface area contributed by atoms with Crippen molar-refractivity contribution in [2.24, 2.45) is 0 Å². The van der Waals surface area contributed by atoms with Crippen LogP contribution in [-0.4, -0.2) is 19.4 Å². The van der Waals surface area contributed by atoms with Gasteiger partial charge in [-0.25, -0.2) is 8.42 Å². The highest BCUT2D eigenvalue weighted by Gasteiger charge is 2.30. The molecule has 1 aliphatic rings. The van der Waals surface area contributed by atoms with E-state index in [-0.39, 0.29) is 5.25 Å². The minimum Gasteiger partial charge on any atom is -0.229 e. The second-order valence-corrected chi connectivity index (χ2v) is 6.38. The van der Waals surface area contributed by atoms with Crippen molar-refractivity contribution < 1.29 is 8.42 Å². The van der Waals surface area contributed by atoms with Gasteiger partial charge in [0.05, 0.1) is 11.0 Å². The Hall–Kier alpha value is -0.0500. The fourth-order valence-corrected chi connectivity index (χ4v) is 3.62. The molecule has 0 amide bonds. The summed E-state index contributed by atoms with van der Waals surface area (Å²) in [7, 11) is -2.70. The lowest BCUT2D eigenvalue weighted by atomic mass is 10.00. The molecule has 78 valence electrons. The van der Waals surface area contributed by atoms with Crippen molar-refractivity contribution in [2.45, 2.75) is 57.1 Å². The van der Waals surface area contributed by atoms with Crippen molar-refractivity contribution >= 4 is 9.84 Å². The molecule has 2 nitrogen and oxygen atoms in total. The van der Waals surface area contributed by atoms with Crippen LogP contribution in [0.3, 0.4) is 0 Å². The van der Waals surface area contributed by atoms with Gasteiger partial charge in [0, 0.05) is 0 Å². The van der Waals surface area contributed by atoms with Gasteiger partial charge in [-0.05, 0) is 19.3 Å². The van der Waals surface area contributed by atoms with Gasteiger partial charge in [0.2, 0.25) is 0 Å². The van der Waals surface area contributed by atoms with Crippen LogP contribution in [0.4, 0.5) is 0 Å². The molecule has 0 aromatic carbocycles. The summed E-state index contributed by atoms with van der Waals surface area (Å²) in [4.78, 5) is 0. The van der Waals surface area contributed by atoms with Gasteiger partial charge in [0.15, 0.2) is 9.84 Å². The first-order chi connectivity index (χ1) is 6.17. The zero-order valence-corrected chi connectivity index (χ0v) is 9.28. The summed E-state index contributed by atoms with van der Waals surface area (Å²) in [5.74, 6) is 0.428. The molecule has 13 heavy (non-hydrogen) atoms. The van der Waals surface area contributed by atoms with E-state index in [1.54, 1.807) is 0 Å². The highest BCUT2D eigenvalue weighted by atomic mass is 32.2. The van der Waals surface area contributed by atoms with Gasteiger partial charge in [0.25, 0.3) is 0 Å². The molecule has 3 heteroatoms. The first-order valence-electron chi connectivity index (χ1n) is 5.38. The van der Waals surface area contributed by atoms with Crippen LogP contribution >= 0.6 is 0 Å². The van der Waals surface area contributed by atoms with E-state index in [9.17, 15) is 8.42 Å². The fourth-order valence-electron chi connectivity index (χ4n) is 1.63. The monoisotopic (exact) mass is 204 g/mol. The van der Waals surface area contributed by atoms with E-state index in [4.69, 9.17) is 0 Å². The SMILES string of the molecule is CCCCCCS(=O)(=O)C1CCC1. The van der Waals surface area contributed by atoms with Gasteiger partial charge >= 0.3 is 0 Å². The van der Waals surface area contributed by atoms with Gasteiger partial charge in [-0.15, -0.1) is 0 Å². The second kappa shape index (κ2) is 4.99. The van der Waals surface area contributed by atoms with E-state index in [2.05, 4.69) is 6.92 Å². The van der Waals surface area contributed by atoms with Gasteiger partial charge in [0.1, 0.15) is 0 Å². The van der Waals surface area contributed by atoms with Gasteiger partial charge in [-0.2, -0.15) is 0 Å². The first kappa shape index (κ1) is 11.0.